The van der Waals surface area contributed by atoms with Crippen LogP contribution in [0.3, 0.4) is 0 Å². The molecule has 0 atom stereocenters. The summed E-state index contributed by atoms with van der Waals surface area (Å²) in [5.74, 6) is -1.68. The van der Waals surface area contributed by atoms with Crippen LogP contribution in [0.15, 0.2) is 131 Å². The van der Waals surface area contributed by atoms with E-state index in [0.717, 1.165) is 30.9 Å². The Bertz CT molecular complexity index is 1950. The zero-order chi connectivity index (χ0) is 33.2. The summed E-state index contributed by atoms with van der Waals surface area (Å²) in [6, 6.07) is 30.6. The zero-order valence-electron chi connectivity index (χ0n) is 25.7. The molecule has 0 unspecified atom stereocenters. The number of hydrogen-bond acceptors (Lipinski definition) is 6. The highest BCUT2D eigenvalue weighted by Gasteiger charge is 2.34. The Balaban J connectivity index is 1.54. The van der Waals surface area contributed by atoms with Crippen LogP contribution in [0.4, 0.5) is 11.4 Å². The number of sulfonamides is 2. The van der Waals surface area contributed by atoms with Gasteiger partial charge in [0.25, 0.3) is 31.9 Å². The Labute approximate surface area is 269 Å². The lowest BCUT2D eigenvalue weighted by Crippen LogP contribution is -2.38. The van der Waals surface area contributed by atoms with Gasteiger partial charge in [-0.2, -0.15) is 8.61 Å². The summed E-state index contributed by atoms with van der Waals surface area (Å²) in [7, 11) is -8.67. The van der Waals surface area contributed by atoms with Gasteiger partial charge in [-0.25, -0.2) is 16.8 Å². The van der Waals surface area contributed by atoms with Gasteiger partial charge in [-0.15, -0.1) is 0 Å². The monoisotopic (exact) mass is 652 g/mol. The van der Waals surface area contributed by atoms with Gasteiger partial charge in [-0.1, -0.05) is 70.8 Å². The maximum atomic E-state index is 13.9. The lowest BCUT2D eigenvalue weighted by molar-refractivity contribution is 0.0993. The van der Waals surface area contributed by atoms with Gasteiger partial charge in [0.15, 0.2) is 0 Å². The molecule has 5 rings (SSSR count). The standard InChI is InChI=1S/C36H32N2O6S2/c1-25-5-17-31(18-6-25)37(45(41,42)33-21-9-27(3)10-22-33)35(39)29-13-15-30(16-14-29)36(40)38(32-19-7-26(2)8-20-32)46(43,44)34-23-11-28(4)12-24-34/h5-24H,1-4H3. The van der Waals surface area contributed by atoms with Gasteiger partial charge < -0.3 is 0 Å². The molecule has 5 aromatic carbocycles. The Morgan fingerprint density at radius 2 is 0.630 bits per heavy atom. The van der Waals surface area contributed by atoms with Crippen LogP contribution < -0.4 is 8.61 Å². The molecule has 0 aliphatic rings. The maximum absolute atomic E-state index is 13.9. The fourth-order valence-electron chi connectivity index (χ4n) is 4.71. The molecule has 2 amide bonds. The summed E-state index contributed by atoms with van der Waals surface area (Å²) in [6.45, 7) is 7.35. The highest BCUT2D eigenvalue weighted by Crippen LogP contribution is 2.29. The first-order valence-electron chi connectivity index (χ1n) is 14.3. The summed E-state index contributed by atoms with van der Waals surface area (Å²) in [5, 5.41) is 0. The minimum absolute atomic E-state index is 0.0175. The fourth-order valence-corrected chi connectivity index (χ4v) is 7.54. The molecule has 0 aromatic heterocycles. The molecule has 10 heteroatoms. The number of aryl methyl sites for hydroxylation is 4. The van der Waals surface area contributed by atoms with Crippen LogP contribution in [0, 0.1) is 27.7 Å². The number of hydrogen-bond donors (Lipinski definition) is 0. The number of nitrogens with zero attached hydrogens (tertiary/aromatic N) is 2. The molecule has 46 heavy (non-hydrogen) atoms. The predicted octanol–water partition coefficient (Wildman–Crippen LogP) is 6.99. The van der Waals surface area contributed by atoms with Crippen molar-refractivity contribution in [2.45, 2.75) is 37.5 Å². The molecule has 0 saturated carbocycles. The van der Waals surface area contributed by atoms with Crippen LogP contribution in [0.25, 0.3) is 0 Å². The summed E-state index contributed by atoms with van der Waals surface area (Å²) >= 11 is 0. The third-order valence-corrected chi connectivity index (χ3v) is 10.9. The SMILES string of the molecule is Cc1ccc(N(C(=O)c2ccc(C(=O)N(c3ccc(C)cc3)S(=O)(=O)c3ccc(C)cc3)cc2)S(=O)(=O)c2ccc(C)cc2)cc1. The van der Waals surface area contributed by atoms with Gasteiger partial charge in [0.05, 0.1) is 21.2 Å². The van der Waals surface area contributed by atoms with E-state index in [-0.39, 0.29) is 32.3 Å². The average Bonchev–Trinajstić information content (AvgIpc) is 3.03. The smallest absolute Gasteiger partial charge is 0.268 e. The van der Waals surface area contributed by atoms with E-state index in [2.05, 4.69) is 0 Å². The Kier molecular flexibility index (Phi) is 8.96. The van der Waals surface area contributed by atoms with E-state index in [1.807, 2.05) is 27.7 Å². The van der Waals surface area contributed by atoms with E-state index in [1.54, 1.807) is 72.8 Å². The van der Waals surface area contributed by atoms with E-state index in [9.17, 15) is 26.4 Å². The molecule has 0 radical (unpaired) electrons. The van der Waals surface area contributed by atoms with Crippen LogP contribution in [0.5, 0.6) is 0 Å². The maximum Gasteiger partial charge on any atom is 0.272 e. The van der Waals surface area contributed by atoms with Gasteiger partial charge in [-0.3, -0.25) is 9.59 Å². The van der Waals surface area contributed by atoms with Crippen molar-refractivity contribution in [1.82, 2.24) is 0 Å². The van der Waals surface area contributed by atoms with E-state index in [1.165, 1.54) is 48.5 Å². The van der Waals surface area contributed by atoms with Crippen molar-refractivity contribution in [2.24, 2.45) is 0 Å². The molecule has 0 saturated heterocycles. The first-order valence-corrected chi connectivity index (χ1v) is 17.2. The van der Waals surface area contributed by atoms with Crippen LogP contribution in [-0.2, 0) is 20.0 Å². The molecule has 8 nitrogen and oxygen atoms in total. The number of amides is 2. The second kappa shape index (κ2) is 12.7. The molecule has 0 N–H and O–H groups in total. The first-order chi connectivity index (χ1) is 21.8. The van der Waals surface area contributed by atoms with Crippen molar-refractivity contribution in [3.8, 4) is 0 Å². The third kappa shape index (κ3) is 6.49. The molecular weight excluding hydrogens is 621 g/mol. The quantitative estimate of drug-likeness (QED) is 0.179. The molecule has 0 aliphatic carbocycles. The number of carbonyl (C=O) groups excluding carboxylic acids is 2. The Hall–Kier alpha value is -5.06. The van der Waals surface area contributed by atoms with Crippen molar-refractivity contribution < 1.29 is 26.4 Å². The van der Waals surface area contributed by atoms with Crippen molar-refractivity contribution in [3.05, 3.63) is 155 Å². The summed E-state index contributed by atoms with van der Waals surface area (Å²) in [6.07, 6.45) is 0. The van der Waals surface area contributed by atoms with Gasteiger partial charge in [0, 0.05) is 11.1 Å². The van der Waals surface area contributed by atoms with Gasteiger partial charge in [0.2, 0.25) is 0 Å². The van der Waals surface area contributed by atoms with Crippen LogP contribution in [0.2, 0.25) is 0 Å². The number of carbonyl (C=O) groups is 2. The molecule has 234 valence electrons. The van der Waals surface area contributed by atoms with Crippen LogP contribution in [-0.4, -0.2) is 28.6 Å². The highest BCUT2D eigenvalue weighted by molar-refractivity contribution is 7.94. The summed E-state index contributed by atoms with van der Waals surface area (Å²) in [5.41, 5.74) is 3.73. The molecule has 0 fully saturated rings. The average molecular weight is 653 g/mol. The van der Waals surface area contributed by atoms with Crippen molar-refractivity contribution in [1.29, 1.82) is 0 Å². The second-order valence-corrected chi connectivity index (χ2v) is 14.6. The van der Waals surface area contributed by atoms with E-state index in [4.69, 9.17) is 0 Å². The number of benzene rings is 5. The van der Waals surface area contributed by atoms with E-state index < -0.39 is 31.9 Å². The summed E-state index contributed by atoms with van der Waals surface area (Å²) < 4.78 is 56.8. The lowest BCUT2D eigenvalue weighted by atomic mass is 10.1. The molecular formula is C36H32N2O6S2. The lowest BCUT2D eigenvalue weighted by Gasteiger charge is -2.24. The molecule has 0 spiro atoms. The number of rotatable bonds is 8. The van der Waals surface area contributed by atoms with Gasteiger partial charge in [-0.05, 0) is 100 Å². The fraction of sp³-hybridized carbons (Fsp3) is 0.111. The topological polar surface area (TPSA) is 109 Å². The predicted molar refractivity (Wildman–Crippen MR) is 179 cm³/mol. The highest BCUT2D eigenvalue weighted by atomic mass is 32.2. The molecule has 0 aliphatic heterocycles. The minimum atomic E-state index is -4.33. The second-order valence-electron chi connectivity index (χ2n) is 11.0. The molecule has 5 aromatic rings. The Morgan fingerprint density at radius 1 is 0.391 bits per heavy atom. The van der Waals surface area contributed by atoms with Crippen molar-refractivity contribution in [3.63, 3.8) is 0 Å². The Morgan fingerprint density at radius 3 is 0.891 bits per heavy atom. The van der Waals surface area contributed by atoms with Crippen LogP contribution in [0.1, 0.15) is 43.0 Å². The van der Waals surface area contributed by atoms with Crippen molar-refractivity contribution in [2.75, 3.05) is 8.61 Å². The molecule has 0 heterocycles. The first kappa shape index (κ1) is 32.3. The zero-order valence-corrected chi connectivity index (χ0v) is 27.3. The van der Waals surface area contributed by atoms with Crippen LogP contribution >= 0.6 is 0 Å². The normalized spacial score (nSPS) is 11.6. The molecule has 0 bridgehead atoms. The van der Waals surface area contributed by atoms with Gasteiger partial charge >= 0.3 is 0 Å². The van der Waals surface area contributed by atoms with E-state index in [0.29, 0.717) is 0 Å². The largest absolute Gasteiger partial charge is 0.272 e. The minimum Gasteiger partial charge on any atom is -0.268 e. The summed E-state index contributed by atoms with van der Waals surface area (Å²) in [4.78, 5) is 27.7. The number of anilines is 2. The van der Waals surface area contributed by atoms with Crippen molar-refractivity contribution >= 4 is 43.2 Å². The third-order valence-electron chi connectivity index (χ3n) is 7.40. The van der Waals surface area contributed by atoms with Gasteiger partial charge in [0.1, 0.15) is 0 Å². The van der Waals surface area contributed by atoms with E-state index >= 15 is 0 Å².